The summed E-state index contributed by atoms with van der Waals surface area (Å²) in [5.74, 6) is 1.19. The van der Waals surface area contributed by atoms with Gasteiger partial charge in [0.05, 0.1) is 17.3 Å². The van der Waals surface area contributed by atoms with Crippen molar-refractivity contribution in [2.24, 2.45) is 0 Å². The lowest BCUT2D eigenvalue weighted by atomic mass is 10.2. The lowest BCUT2D eigenvalue weighted by Crippen LogP contribution is -2.40. The summed E-state index contributed by atoms with van der Waals surface area (Å²) < 4.78 is 17.1. The van der Waals surface area contributed by atoms with Crippen molar-refractivity contribution in [1.82, 2.24) is 0 Å². The van der Waals surface area contributed by atoms with Gasteiger partial charge in [0.25, 0.3) is 11.8 Å². The Balaban J connectivity index is 1.38. The highest BCUT2D eigenvalue weighted by molar-refractivity contribution is 6.35. The Hall–Kier alpha value is -3.42. The summed E-state index contributed by atoms with van der Waals surface area (Å²) in [5.41, 5.74) is 2.22. The molecule has 0 spiro atoms. The number of carbonyl (C=O) groups excluding carboxylic acids is 2. The molecule has 0 aliphatic carbocycles. The number of aryl methyl sites for hydroxylation is 1. The molecule has 1 aliphatic heterocycles. The van der Waals surface area contributed by atoms with Crippen LogP contribution < -0.4 is 24.4 Å². The summed E-state index contributed by atoms with van der Waals surface area (Å²) in [6.07, 6.45) is -0.199. The predicted octanol–water partition coefficient (Wildman–Crippen LogP) is 5.90. The number of nitrogens with one attached hydrogen (secondary N) is 1. The number of nitrogens with zero attached hydrogens (tertiary/aromatic N) is 1. The number of carbonyl (C=O) groups is 2. The Morgan fingerprint density at radius 1 is 1.14 bits per heavy atom. The Morgan fingerprint density at radius 2 is 1.97 bits per heavy atom. The molecule has 0 radical (unpaired) electrons. The largest absolute Gasteiger partial charge is 0.494 e. The summed E-state index contributed by atoms with van der Waals surface area (Å²) in [7, 11) is 0. The fourth-order valence-corrected chi connectivity index (χ4v) is 4.15. The molecule has 2 amide bonds. The highest BCUT2D eigenvalue weighted by atomic mass is 35.5. The molecule has 1 heterocycles. The van der Waals surface area contributed by atoms with Crippen molar-refractivity contribution < 1.29 is 23.8 Å². The number of benzene rings is 3. The summed E-state index contributed by atoms with van der Waals surface area (Å²) in [6, 6.07) is 17.8. The standard InChI is InChI=1S/C27H26Cl2N2O5/c1-17-5-3-6-21(13-17)34-12-4-11-31-23-15-20(8-10-25(23)35-16-26(31)32)30-27(33)18(2)36-24-9-7-19(28)14-22(24)29/h3,5-10,13-15,18H,4,11-12,16H2,1-2H3,(H,30,33). The number of halogens is 2. The first kappa shape index (κ1) is 25.7. The van der Waals surface area contributed by atoms with Crippen molar-refractivity contribution >= 4 is 46.4 Å². The second kappa shape index (κ2) is 11.5. The van der Waals surface area contributed by atoms with Crippen LogP contribution in [0.1, 0.15) is 18.9 Å². The number of hydrogen-bond donors (Lipinski definition) is 1. The van der Waals surface area contributed by atoms with Crippen molar-refractivity contribution in [2.45, 2.75) is 26.4 Å². The van der Waals surface area contributed by atoms with Gasteiger partial charge in [-0.1, -0.05) is 35.3 Å². The topological polar surface area (TPSA) is 77.1 Å². The molecule has 1 atom stereocenters. The minimum Gasteiger partial charge on any atom is -0.494 e. The second-order valence-corrected chi connectivity index (χ2v) is 9.20. The molecule has 9 heteroatoms. The smallest absolute Gasteiger partial charge is 0.265 e. The summed E-state index contributed by atoms with van der Waals surface area (Å²) >= 11 is 12.1. The quantitative estimate of drug-likeness (QED) is 0.349. The van der Waals surface area contributed by atoms with Gasteiger partial charge in [0.1, 0.15) is 17.2 Å². The second-order valence-electron chi connectivity index (χ2n) is 8.36. The highest BCUT2D eigenvalue weighted by Crippen LogP contribution is 2.35. The number of rotatable bonds is 9. The minimum atomic E-state index is -0.826. The van der Waals surface area contributed by atoms with Crippen LogP contribution in [-0.2, 0) is 9.59 Å². The van der Waals surface area contributed by atoms with Gasteiger partial charge < -0.3 is 24.4 Å². The number of hydrogen-bond acceptors (Lipinski definition) is 5. The summed E-state index contributed by atoms with van der Waals surface area (Å²) in [4.78, 5) is 27.0. The van der Waals surface area contributed by atoms with E-state index in [0.717, 1.165) is 11.3 Å². The van der Waals surface area contributed by atoms with Gasteiger partial charge in [0, 0.05) is 17.3 Å². The van der Waals surface area contributed by atoms with Crippen LogP contribution in [0, 0.1) is 6.92 Å². The van der Waals surface area contributed by atoms with Crippen LogP contribution in [0.3, 0.4) is 0 Å². The number of fused-ring (bicyclic) bond motifs is 1. The zero-order valence-electron chi connectivity index (χ0n) is 19.9. The lowest BCUT2D eigenvalue weighted by Gasteiger charge is -2.30. The van der Waals surface area contributed by atoms with Gasteiger partial charge in [-0.15, -0.1) is 0 Å². The normalized spacial score (nSPS) is 13.4. The molecular formula is C27H26Cl2N2O5. The molecule has 1 aliphatic rings. The Morgan fingerprint density at radius 3 is 2.75 bits per heavy atom. The van der Waals surface area contributed by atoms with Crippen LogP contribution in [-0.4, -0.2) is 37.7 Å². The molecule has 36 heavy (non-hydrogen) atoms. The minimum absolute atomic E-state index is 0.0375. The van der Waals surface area contributed by atoms with Crippen LogP contribution in [0.4, 0.5) is 11.4 Å². The van der Waals surface area contributed by atoms with E-state index in [2.05, 4.69) is 5.32 Å². The van der Waals surface area contributed by atoms with E-state index in [-0.39, 0.29) is 18.4 Å². The van der Waals surface area contributed by atoms with Gasteiger partial charge in [0.15, 0.2) is 12.7 Å². The van der Waals surface area contributed by atoms with Crippen LogP contribution >= 0.6 is 23.2 Å². The fourth-order valence-electron chi connectivity index (χ4n) is 3.70. The Labute approximate surface area is 219 Å². The first-order chi connectivity index (χ1) is 17.3. The molecule has 4 rings (SSSR count). The third kappa shape index (κ3) is 6.42. The van der Waals surface area contributed by atoms with Gasteiger partial charge >= 0.3 is 0 Å². The summed E-state index contributed by atoms with van der Waals surface area (Å²) in [6.45, 7) is 4.50. The van der Waals surface area contributed by atoms with Crippen LogP contribution in [0.2, 0.25) is 10.0 Å². The van der Waals surface area contributed by atoms with Crippen molar-refractivity contribution in [1.29, 1.82) is 0 Å². The molecule has 7 nitrogen and oxygen atoms in total. The monoisotopic (exact) mass is 528 g/mol. The van der Waals surface area contributed by atoms with Gasteiger partial charge in [-0.3, -0.25) is 9.59 Å². The zero-order chi connectivity index (χ0) is 25.7. The van der Waals surface area contributed by atoms with E-state index in [9.17, 15) is 9.59 Å². The Bertz CT molecular complexity index is 1270. The molecule has 1 N–H and O–H groups in total. The van der Waals surface area contributed by atoms with Crippen molar-refractivity contribution in [2.75, 3.05) is 30.0 Å². The maximum absolute atomic E-state index is 12.7. The van der Waals surface area contributed by atoms with E-state index in [4.69, 9.17) is 37.4 Å². The lowest BCUT2D eigenvalue weighted by molar-refractivity contribution is -0.122. The van der Waals surface area contributed by atoms with Gasteiger partial charge in [-0.2, -0.15) is 0 Å². The van der Waals surface area contributed by atoms with Gasteiger partial charge in [-0.05, 0) is 74.4 Å². The zero-order valence-corrected chi connectivity index (χ0v) is 21.4. The van der Waals surface area contributed by atoms with E-state index in [1.807, 2.05) is 31.2 Å². The maximum atomic E-state index is 12.7. The Kier molecular flexibility index (Phi) is 8.23. The van der Waals surface area contributed by atoms with Gasteiger partial charge in [0.2, 0.25) is 0 Å². The van der Waals surface area contributed by atoms with E-state index in [0.29, 0.717) is 52.5 Å². The van der Waals surface area contributed by atoms with E-state index in [1.165, 1.54) is 0 Å². The molecule has 3 aromatic carbocycles. The summed E-state index contributed by atoms with van der Waals surface area (Å²) in [5, 5.41) is 3.61. The third-order valence-electron chi connectivity index (χ3n) is 5.52. The van der Waals surface area contributed by atoms with Crippen LogP contribution in [0.5, 0.6) is 17.2 Å². The predicted molar refractivity (Wildman–Crippen MR) is 141 cm³/mol. The maximum Gasteiger partial charge on any atom is 0.265 e. The molecule has 3 aromatic rings. The van der Waals surface area contributed by atoms with E-state index in [1.54, 1.807) is 48.2 Å². The van der Waals surface area contributed by atoms with Crippen molar-refractivity contribution in [3.63, 3.8) is 0 Å². The van der Waals surface area contributed by atoms with E-state index >= 15 is 0 Å². The van der Waals surface area contributed by atoms with Crippen molar-refractivity contribution in [3.8, 4) is 17.2 Å². The number of ether oxygens (including phenoxy) is 3. The first-order valence-electron chi connectivity index (χ1n) is 11.5. The molecule has 0 saturated heterocycles. The average molecular weight is 529 g/mol. The van der Waals surface area contributed by atoms with Gasteiger partial charge in [-0.25, -0.2) is 0 Å². The molecule has 0 aromatic heterocycles. The SMILES string of the molecule is Cc1cccc(OCCCN2C(=O)COc3ccc(NC(=O)C(C)Oc4ccc(Cl)cc4Cl)cc32)c1. The molecule has 188 valence electrons. The van der Waals surface area contributed by atoms with Crippen LogP contribution in [0.25, 0.3) is 0 Å². The van der Waals surface area contributed by atoms with Crippen molar-refractivity contribution in [3.05, 3.63) is 76.3 Å². The first-order valence-corrected chi connectivity index (χ1v) is 12.2. The fraction of sp³-hybridized carbons (Fsp3) is 0.259. The molecule has 0 fully saturated rings. The number of amides is 2. The molecular weight excluding hydrogens is 503 g/mol. The highest BCUT2D eigenvalue weighted by Gasteiger charge is 2.26. The molecule has 0 saturated carbocycles. The molecule has 0 bridgehead atoms. The molecule has 1 unspecified atom stereocenters. The van der Waals surface area contributed by atoms with Crippen LogP contribution in [0.15, 0.2) is 60.7 Å². The number of anilines is 2. The van der Waals surface area contributed by atoms with E-state index < -0.39 is 6.10 Å². The third-order valence-corrected chi connectivity index (χ3v) is 6.05. The average Bonchev–Trinajstić information content (AvgIpc) is 2.84.